The first-order valence-electron chi connectivity index (χ1n) is 5.44. The third kappa shape index (κ3) is 2.02. The molecule has 0 aliphatic heterocycles. The Balaban J connectivity index is 2.67. The number of pyridine rings is 1. The second-order valence-electron chi connectivity index (χ2n) is 4.12. The van der Waals surface area contributed by atoms with E-state index in [9.17, 15) is 14.9 Å². The van der Waals surface area contributed by atoms with Crippen LogP contribution in [0, 0.1) is 24.0 Å². The number of nitrogens with zero attached hydrogens (tertiary/aromatic N) is 2. The summed E-state index contributed by atoms with van der Waals surface area (Å²) >= 11 is 0. The summed E-state index contributed by atoms with van der Waals surface area (Å²) in [4.78, 5) is 22.3. The van der Waals surface area contributed by atoms with Gasteiger partial charge in [-0.15, -0.1) is 0 Å². The molecular weight excluding hydrogens is 232 g/mol. The van der Waals surface area contributed by atoms with E-state index in [0.717, 1.165) is 5.56 Å². The van der Waals surface area contributed by atoms with Gasteiger partial charge in [0.15, 0.2) is 0 Å². The smallest absolute Gasteiger partial charge is 0.278 e. The number of aromatic nitrogens is 1. The predicted molar refractivity (Wildman–Crippen MR) is 68.2 cm³/mol. The highest BCUT2D eigenvalue weighted by molar-refractivity contribution is 5.42. The molecular formula is C13H12N2O3. The summed E-state index contributed by atoms with van der Waals surface area (Å²) in [6.07, 6.45) is 1.55. The third-order valence-corrected chi connectivity index (χ3v) is 2.76. The van der Waals surface area contributed by atoms with Crippen LogP contribution in [0.25, 0.3) is 5.69 Å². The van der Waals surface area contributed by atoms with Gasteiger partial charge in [0.25, 0.3) is 0 Å². The van der Waals surface area contributed by atoms with E-state index < -0.39 is 10.5 Å². The minimum Gasteiger partial charge on any atom is -0.278 e. The molecule has 0 saturated carbocycles. The lowest BCUT2D eigenvalue weighted by Crippen LogP contribution is -2.21. The highest BCUT2D eigenvalue weighted by Crippen LogP contribution is 2.14. The summed E-state index contributed by atoms with van der Waals surface area (Å²) in [6, 6.07) is 8.80. The van der Waals surface area contributed by atoms with Crippen LogP contribution in [0.15, 0.2) is 41.3 Å². The lowest BCUT2D eigenvalue weighted by Gasteiger charge is -2.06. The molecule has 0 amide bonds. The Morgan fingerprint density at radius 1 is 1.11 bits per heavy atom. The average molecular weight is 244 g/mol. The molecule has 0 unspecified atom stereocenters. The van der Waals surface area contributed by atoms with Crippen LogP contribution in [-0.4, -0.2) is 9.49 Å². The molecule has 0 aliphatic carbocycles. The van der Waals surface area contributed by atoms with E-state index in [1.165, 1.54) is 4.57 Å². The summed E-state index contributed by atoms with van der Waals surface area (Å²) < 4.78 is 1.28. The average Bonchev–Trinajstić information content (AvgIpc) is 2.30. The molecule has 5 nitrogen and oxygen atoms in total. The van der Waals surface area contributed by atoms with Crippen molar-refractivity contribution in [3.8, 4) is 5.69 Å². The van der Waals surface area contributed by atoms with Gasteiger partial charge in [-0.05, 0) is 32.0 Å². The summed E-state index contributed by atoms with van der Waals surface area (Å²) in [5.41, 5.74) is 1.07. The Kier molecular flexibility index (Phi) is 2.97. The Morgan fingerprint density at radius 2 is 1.72 bits per heavy atom. The van der Waals surface area contributed by atoms with E-state index in [1.807, 2.05) is 19.1 Å². The van der Waals surface area contributed by atoms with E-state index in [4.69, 9.17) is 0 Å². The maximum absolute atomic E-state index is 12.0. The first-order valence-corrected chi connectivity index (χ1v) is 5.44. The second kappa shape index (κ2) is 4.44. The molecule has 0 atom stereocenters. The van der Waals surface area contributed by atoms with Gasteiger partial charge in [-0.1, -0.05) is 17.7 Å². The normalized spacial score (nSPS) is 10.3. The van der Waals surface area contributed by atoms with Crippen molar-refractivity contribution in [2.24, 2.45) is 0 Å². The van der Waals surface area contributed by atoms with Gasteiger partial charge >= 0.3 is 11.2 Å². The van der Waals surface area contributed by atoms with Crippen molar-refractivity contribution in [2.45, 2.75) is 13.8 Å². The fourth-order valence-electron chi connectivity index (χ4n) is 1.75. The number of benzene rings is 1. The Bertz CT molecular complexity index is 657. The third-order valence-electron chi connectivity index (χ3n) is 2.76. The minimum absolute atomic E-state index is 0.369. The maximum Gasteiger partial charge on any atom is 0.337 e. The Hall–Kier alpha value is -2.43. The Morgan fingerprint density at radius 3 is 2.28 bits per heavy atom. The number of nitro groups is 1. The van der Waals surface area contributed by atoms with Gasteiger partial charge in [0.1, 0.15) is 0 Å². The standard InChI is InChI=1S/C13H12N2O3/c1-9-3-5-11(6-4-9)14-8-7-10(2)12(13(14)16)15(17)18/h3-8H,1-2H3. The molecule has 1 heterocycles. The lowest BCUT2D eigenvalue weighted by molar-refractivity contribution is -0.387. The summed E-state index contributed by atoms with van der Waals surface area (Å²) in [7, 11) is 0. The van der Waals surface area contributed by atoms with Gasteiger partial charge in [0.2, 0.25) is 0 Å². The zero-order valence-electron chi connectivity index (χ0n) is 10.1. The molecule has 0 fully saturated rings. The zero-order valence-corrected chi connectivity index (χ0v) is 10.1. The van der Waals surface area contributed by atoms with E-state index in [2.05, 4.69) is 0 Å². The molecule has 5 heteroatoms. The van der Waals surface area contributed by atoms with Crippen molar-refractivity contribution in [3.05, 3.63) is 68.1 Å². The van der Waals surface area contributed by atoms with Crippen LogP contribution in [0.4, 0.5) is 5.69 Å². The van der Waals surface area contributed by atoms with Crippen molar-refractivity contribution in [2.75, 3.05) is 0 Å². The largest absolute Gasteiger partial charge is 0.337 e. The van der Waals surface area contributed by atoms with E-state index in [-0.39, 0.29) is 5.69 Å². The molecule has 0 saturated heterocycles. The first-order chi connectivity index (χ1) is 8.50. The topological polar surface area (TPSA) is 65.1 Å². The van der Waals surface area contributed by atoms with Gasteiger partial charge in [0, 0.05) is 17.4 Å². The van der Waals surface area contributed by atoms with Crippen molar-refractivity contribution < 1.29 is 4.92 Å². The number of rotatable bonds is 2. The zero-order chi connectivity index (χ0) is 13.3. The second-order valence-corrected chi connectivity index (χ2v) is 4.12. The van der Waals surface area contributed by atoms with Gasteiger partial charge < -0.3 is 0 Å². The van der Waals surface area contributed by atoms with Crippen molar-refractivity contribution in [1.82, 2.24) is 4.57 Å². The molecule has 18 heavy (non-hydrogen) atoms. The summed E-state index contributed by atoms with van der Waals surface area (Å²) in [5.74, 6) is 0. The van der Waals surface area contributed by atoms with E-state index >= 15 is 0 Å². The monoisotopic (exact) mass is 244 g/mol. The van der Waals surface area contributed by atoms with Crippen molar-refractivity contribution >= 4 is 5.69 Å². The summed E-state index contributed by atoms with van der Waals surface area (Å²) in [6.45, 7) is 3.49. The van der Waals surface area contributed by atoms with Crippen LogP contribution in [0.2, 0.25) is 0 Å². The number of aryl methyl sites for hydroxylation is 2. The molecule has 2 aromatic rings. The van der Waals surface area contributed by atoms with Gasteiger partial charge in [-0.2, -0.15) is 0 Å². The van der Waals surface area contributed by atoms with Gasteiger partial charge in [-0.25, -0.2) is 0 Å². The summed E-state index contributed by atoms with van der Waals surface area (Å²) in [5, 5.41) is 10.9. The van der Waals surface area contributed by atoms with Crippen molar-refractivity contribution in [3.63, 3.8) is 0 Å². The number of hydrogen-bond donors (Lipinski definition) is 0. The SMILES string of the molecule is Cc1ccc(-n2ccc(C)c([N+](=O)[O-])c2=O)cc1. The molecule has 0 radical (unpaired) electrons. The maximum atomic E-state index is 12.0. The van der Waals surface area contributed by atoms with Gasteiger partial charge in [0.05, 0.1) is 4.92 Å². The first kappa shape index (κ1) is 12.0. The van der Waals surface area contributed by atoms with E-state index in [0.29, 0.717) is 11.3 Å². The van der Waals surface area contributed by atoms with E-state index in [1.54, 1.807) is 31.3 Å². The van der Waals surface area contributed by atoms with Crippen molar-refractivity contribution in [1.29, 1.82) is 0 Å². The highest BCUT2D eigenvalue weighted by atomic mass is 16.6. The fraction of sp³-hybridized carbons (Fsp3) is 0.154. The van der Waals surface area contributed by atoms with Crippen LogP contribution < -0.4 is 5.56 Å². The number of hydrogen-bond acceptors (Lipinski definition) is 3. The molecule has 1 aromatic heterocycles. The molecule has 1 aromatic carbocycles. The quantitative estimate of drug-likeness (QED) is 0.601. The predicted octanol–water partition coefficient (Wildman–Crippen LogP) is 2.36. The molecule has 0 bridgehead atoms. The Labute approximate surface area is 103 Å². The molecule has 2 rings (SSSR count). The lowest BCUT2D eigenvalue weighted by atomic mass is 10.2. The highest BCUT2D eigenvalue weighted by Gasteiger charge is 2.18. The van der Waals surface area contributed by atoms with Crippen LogP contribution in [0.5, 0.6) is 0 Å². The molecule has 0 N–H and O–H groups in total. The fourth-order valence-corrected chi connectivity index (χ4v) is 1.75. The van der Waals surface area contributed by atoms with Crippen LogP contribution in [-0.2, 0) is 0 Å². The van der Waals surface area contributed by atoms with Crippen LogP contribution in [0.1, 0.15) is 11.1 Å². The van der Waals surface area contributed by atoms with Gasteiger partial charge in [-0.3, -0.25) is 19.5 Å². The molecule has 92 valence electrons. The molecule has 0 spiro atoms. The molecule has 0 aliphatic rings. The van der Waals surface area contributed by atoms with Crippen LogP contribution in [0.3, 0.4) is 0 Å². The van der Waals surface area contributed by atoms with Crippen LogP contribution >= 0.6 is 0 Å². The minimum atomic E-state index is -0.637.